The summed E-state index contributed by atoms with van der Waals surface area (Å²) in [6, 6.07) is 14.1. The zero-order valence-electron chi connectivity index (χ0n) is 12.7. The summed E-state index contributed by atoms with van der Waals surface area (Å²) in [4.78, 5) is 2.19. The number of benzene rings is 2. The second kappa shape index (κ2) is 7.09. The molecule has 0 radical (unpaired) electrons. The molecule has 2 N–H and O–H groups in total. The van der Waals surface area contributed by atoms with Crippen molar-refractivity contribution in [2.75, 3.05) is 32.8 Å². The van der Waals surface area contributed by atoms with Gasteiger partial charge in [-0.2, -0.15) is 0 Å². The highest BCUT2D eigenvalue weighted by Crippen LogP contribution is 2.21. The van der Waals surface area contributed by atoms with E-state index in [4.69, 9.17) is 9.84 Å². The minimum absolute atomic E-state index is 0.236. The van der Waals surface area contributed by atoms with Crippen LogP contribution in [0.2, 0.25) is 0 Å². The molecule has 118 valence electrons. The van der Waals surface area contributed by atoms with E-state index in [1.54, 1.807) is 0 Å². The Kier molecular flexibility index (Phi) is 4.93. The van der Waals surface area contributed by atoms with Crippen LogP contribution in [-0.4, -0.2) is 54.1 Å². The van der Waals surface area contributed by atoms with E-state index in [-0.39, 0.29) is 6.61 Å². The third-order valence-corrected chi connectivity index (χ3v) is 4.26. The first-order chi connectivity index (χ1) is 10.7. The molecule has 0 amide bonds. The molecule has 1 aliphatic heterocycles. The molecule has 1 fully saturated rings. The van der Waals surface area contributed by atoms with E-state index < -0.39 is 6.10 Å². The van der Waals surface area contributed by atoms with Crippen molar-refractivity contribution in [3.63, 3.8) is 0 Å². The van der Waals surface area contributed by atoms with Crippen molar-refractivity contribution in [3.05, 3.63) is 42.5 Å². The predicted octanol–water partition coefficient (Wildman–Crippen LogP) is 1.89. The molecule has 3 rings (SSSR count). The number of likely N-dealkylation sites (tertiary alicyclic amines) is 1. The van der Waals surface area contributed by atoms with Gasteiger partial charge in [0.15, 0.2) is 0 Å². The largest absolute Gasteiger partial charge is 0.491 e. The lowest BCUT2D eigenvalue weighted by molar-refractivity contribution is 0.0736. The molecule has 1 aliphatic rings. The van der Waals surface area contributed by atoms with Crippen LogP contribution >= 0.6 is 0 Å². The van der Waals surface area contributed by atoms with Crippen LogP contribution in [0.1, 0.15) is 6.42 Å². The summed E-state index contributed by atoms with van der Waals surface area (Å²) in [6.07, 6.45) is 0.498. The highest BCUT2D eigenvalue weighted by Gasteiger charge is 2.23. The van der Waals surface area contributed by atoms with Crippen LogP contribution in [0.5, 0.6) is 5.75 Å². The molecule has 2 aromatic carbocycles. The predicted molar refractivity (Wildman–Crippen MR) is 87.1 cm³/mol. The van der Waals surface area contributed by atoms with Crippen molar-refractivity contribution in [1.82, 2.24) is 4.90 Å². The van der Waals surface area contributed by atoms with Gasteiger partial charge in [-0.25, -0.2) is 0 Å². The second-order valence-corrected chi connectivity index (χ2v) is 6.07. The smallest absolute Gasteiger partial charge is 0.120 e. The molecule has 4 nitrogen and oxygen atoms in total. The Bertz CT molecular complexity index is 616. The molecule has 0 aliphatic carbocycles. The Balaban J connectivity index is 1.50. The number of rotatable bonds is 6. The average molecular weight is 301 g/mol. The first-order valence-electron chi connectivity index (χ1n) is 7.87. The van der Waals surface area contributed by atoms with Crippen molar-refractivity contribution in [2.24, 2.45) is 5.92 Å². The molecule has 0 bridgehead atoms. The van der Waals surface area contributed by atoms with Crippen molar-refractivity contribution in [3.8, 4) is 5.75 Å². The van der Waals surface area contributed by atoms with Crippen molar-refractivity contribution in [2.45, 2.75) is 12.5 Å². The number of fused-ring (bicyclic) bond motifs is 1. The second-order valence-electron chi connectivity index (χ2n) is 6.07. The molecule has 2 unspecified atom stereocenters. The van der Waals surface area contributed by atoms with Crippen LogP contribution in [0, 0.1) is 5.92 Å². The van der Waals surface area contributed by atoms with Gasteiger partial charge in [-0.3, -0.25) is 0 Å². The molecular weight excluding hydrogens is 278 g/mol. The number of ether oxygens (including phenoxy) is 1. The third-order valence-electron chi connectivity index (χ3n) is 4.26. The van der Waals surface area contributed by atoms with Gasteiger partial charge in [0, 0.05) is 19.7 Å². The van der Waals surface area contributed by atoms with E-state index in [1.165, 1.54) is 5.39 Å². The van der Waals surface area contributed by atoms with Crippen molar-refractivity contribution < 1.29 is 14.9 Å². The van der Waals surface area contributed by atoms with Gasteiger partial charge in [-0.05, 0) is 41.8 Å². The van der Waals surface area contributed by atoms with Crippen LogP contribution in [0.25, 0.3) is 10.8 Å². The van der Waals surface area contributed by atoms with Crippen molar-refractivity contribution in [1.29, 1.82) is 0 Å². The zero-order chi connectivity index (χ0) is 15.4. The minimum Gasteiger partial charge on any atom is -0.491 e. The summed E-state index contributed by atoms with van der Waals surface area (Å²) in [7, 11) is 0. The molecule has 0 saturated carbocycles. The molecule has 4 heteroatoms. The fraction of sp³-hybridized carbons (Fsp3) is 0.444. The third kappa shape index (κ3) is 3.77. The van der Waals surface area contributed by atoms with Gasteiger partial charge in [0.05, 0.1) is 0 Å². The van der Waals surface area contributed by atoms with Gasteiger partial charge in [-0.1, -0.05) is 30.3 Å². The maximum absolute atomic E-state index is 10.1. The zero-order valence-corrected chi connectivity index (χ0v) is 12.7. The highest BCUT2D eigenvalue weighted by atomic mass is 16.5. The molecule has 0 spiro atoms. The average Bonchev–Trinajstić information content (AvgIpc) is 3.00. The fourth-order valence-electron chi connectivity index (χ4n) is 3.03. The van der Waals surface area contributed by atoms with Gasteiger partial charge in [0.1, 0.15) is 18.5 Å². The summed E-state index contributed by atoms with van der Waals surface area (Å²) >= 11 is 0. The maximum Gasteiger partial charge on any atom is 0.120 e. The highest BCUT2D eigenvalue weighted by molar-refractivity contribution is 5.83. The molecule has 2 atom stereocenters. The lowest BCUT2D eigenvalue weighted by atomic mass is 10.1. The van der Waals surface area contributed by atoms with E-state index >= 15 is 0 Å². The standard InChI is InChI=1S/C18H23NO3/c20-12-14-7-8-19(10-14)11-17(21)13-22-18-6-5-15-3-1-2-4-16(15)9-18/h1-6,9,14,17,20-21H,7-8,10-13H2. The number of aliphatic hydroxyl groups excluding tert-OH is 2. The lowest BCUT2D eigenvalue weighted by Gasteiger charge is -2.20. The Hall–Kier alpha value is -1.62. The van der Waals surface area contributed by atoms with Crippen LogP contribution < -0.4 is 4.74 Å². The number of aliphatic hydroxyl groups is 2. The van der Waals surface area contributed by atoms with Crippen molar-refractivity contribution >= 4 is 10.8 Å². The number of β-amino-alcohol motifs (C(OH)–C–C–N with tert-alkyl or cyclic N) is 1. The Morgan fingerprint density at radius 2 is 2.00 bits per heavy atom. The van der Waals surface area contributed by atoms with Gasteiger partial charge >= 0.3 is 0 Å². The van der Waals surface area contributed by atoms with E-state index in [2.05, 4.69) is 17.0 Å². The van der Waals surface area contributed by atoms with E-state index in [9.17, 15) is 5.11 Å². The Labute approximate surface area is 130 Å². The molecular formula is C18H23NO3. The first kappa shape index (κ1) is 15.3. The van der Waals surface area contributed by atoms with Crippen LogP contribution in [0.15, 0.2) is 42.5 Å². The lowest BCUT2D eigenvalue weighted by Crippen LogP contribution is -2.34. The normalized spacial score (nSPS) is 20.4. The van der Waals surface area contributed by atoms with E-state index in [1.807, 2.05) is 30.3 Å². The number of nitrogens with zero attached hydrogens (tertiary/aromatic N) is 1. The molecule has 1 saturated heterocycles. The first-order valence-corrected chi connectivity index (χ1v) is 7.87. The van der Waals surface area contributed by atoms with Crippen LogP contribution in [-0.2, 0) is 0 Å². The van der Waals surface area contributed by atoms with Crippen LogP contribution in [0.4, 0.5) is 0 Å². The van der Waals surface area contributed by atoms with Gasteiger partial charge < -0.3 is 19.8 Å². The van der Waals surface area contributed by atoms with Crippen LogP contribution in [0.3, 0.4) is 0 Å². The SMILES string of the molecule is OCC1CCN(CC(O)COc2ccc3ccccc3c2)C1. The fourth-order valence-corrected chi connectivity index (χ4v) is 3.03. The quantitative estimate of drug-likeness (QED) is 0.855. The van der Waals surface area contributed by atoms with E-state index in [0.29, 0.717) is 19.1 Å². The number of hydrogen-bond donors (Lipinski definition) is 2. The summed E-state index contributed by atoms with van der Waals surface area (Å²) in [6.45, 7) is 2.94. The molecule has 22 heavy (non-hydrogen) atoms. The number of hydrogen-bond acceptors (Lipinski definition) is 4. The summed E-state index contributed by atoms with van der Waals surface area (Å²) in [5, 5.41) is 21.6. The Morgan fingerprint density at radius 3 is 2.77 bits per heavy atom. The molecule has 2 aromatic rings. The Morgan fingerprint density at radius 1 is 1.18 bits per heavy atom. The topological polar surface area (TPSA) is 52.9 Å². The summed E-state index contributed by atoms with van der Waals surface area (Å²) in [5.41, 5.74) is 0. The maximum atomic E-state index is 10.1. The monoisotopic (exact) mass is 301 g/mol. The summed E-state index contributed by atoms with van der Waals surface area (Å²) < 4.78 is 5.71. The van der Waals surface area contributed by atoms with Gasteiger partial charge in [0.2, 0.25) is 0 Å². The minimum atomic E-state index is -0.510. The molecule has 0 aromatic heterocycles. The van der Waals surface area contributed by atoms with E-state index in [0.717, 1.165) is 30.6 Å². The molecule has 1 heterocycles. The van der Waals surface area contributed by atoms with Gasteiger partial charge in [0.25, 0.3) is 0 Å². The van der Waals surface area contributed by atoms with Gasteiger partial charge in [-0.15, -0.1) is 0 Å². The summed E-state index contributed by atoms with van der Waals surface area (Å²) in [5.74, 6) is 1.14.